The van der Waals surface area contributed by atoms with E-state index in [2.05, 4.69) is 19.8 Å². The summed E-state index contributed by atoms with van der Waals surface area (Å²) in [5.41, 5.74) is 0.511. The number of aryl methyl sites for hydroxylation is 1. The number of morpholine rings is 1. The Hall–Kier alpha value is -1.27. The highest BCUT2D eigenvalue weighted by atomic mass is 19.1. The van der Waals surface area contributed by atoms with Crippen LogP contribution in [-0.4, -0.2) is 60.3 Å². The zero-order chi connectivity index (χ0) is 14.7. The SMILES string of the molecule is CCc1ncnc(N2CCC[C@@H]2CN2CCOCC2)c1F. The molecule has 0 aromatic carbocycles. The molecule has 2 aliphatic heterocycles. The third-order valence-corrected chi connectivity index (χ3v) is 4.40. The largest absolute Gasteiger partial charge is 0.379 e. The molecule has 0 unspecified atom stereocenters. The minimum atomic E-state index is -0.242. The molecule has 1 aromatic heterocycles. The second-order valence-electron chi connectivity index (χ2n) is 5.71. The summed E-state index contributed by atoms with van der Waals surface area (Å²) >= 11 is 0. The first-order valence-electron chi connectivity index (χ1n) is 7.85. The molecule has 1 atom stereocenters. The summed E-state index contributed by atoms with van der Waals surface area (Å²) in [6.07, 6.45) is 4.28. The van der Waals surface area contributed by atoms with Crippen molar-refractivity contribution in [1.29, 1.82) is 0 Å². The smallest absolute Gasteiger partial charge is 0.187 e. The van der Waals surface area contributed by atoms with Gasteiger partial charge in [-0.2, -0.15) is 0 Å². The molecule has 3 rings (SSSR count). The highest BCUT2D eigenvalue weighted by Crippen LogP contribution is 2.27. The number of ether oxygens (including phenoxy) is 1. The van der Waals surface area contributed by atoms with E-state index in [0.29, 0.717) is 24.0 Å². The fraction of sp³-hybridized carbons (Fsp3) is 0.733. The van der Waals surface area contributed by atoms with Crippen LogP contribution in [0.15, 0.2) is 6.33 Å². The number of halogens is 1. The molecule has 0 aliphatic carbocycles. The van der Waals surface area contributed by atoms with Gasteiger partial charge in [0.25, 0.3) is 0 Å². The Balaban J connectivity index is 1.74. The van der Waals surface area contributed by atoms with Crippen LogP contribution < -0.4 is 4.90 Å². The van der Waals surface area contributed by atoms with Gasteiger partial charge in [0.2, 0.25) is 0 Å². The molecule has 0 bridgehead atoms. The summed E-state index contributed by atoms with van der Waals surface area (Å²) in [4.78, 5) is 12.8. The molecule has 0 N–H and O–H groups in total. The Morgan fingerprint density at radius 1 is 1.29 bits per heavy atom. The van der Waals surface area contributed by atoms with Gasteiger partial charge in [-0.15, -0.1) is 0 Å². The van der Waals surface area contributed by atoms with Gasteiger partial charge in [-0.05, 0) is 19.3 Å². The van der Waals surface area contributed by atoms with Gasteiger partial charge in [0, 0.05) is 32.2 Å². The molecule has 116 valence electrons. The summed E-state index contributed by atoms with van der Waals surface area (Å²) in [5.74, 6) is 0.242. The molecule has 3 heterocycles. The zero-order valence-electron chi connectivity index (χ0n) is 12.6. The van der Waals surface area contributed by atoms with Gasteiger partial charge < -0.3 is 9.64 Å². The first-order chi connectivity index (χ1) is 10.3. The van der Waals surface area contributed by atoms with Crippen molar-refractivity contribution in [2.24, 2.45) is 0 Å². The fourth-order valence-electron chi connectivity index (χ4n) is 3.23. The molecule has 1 aromatic rings. The van der Waals surface area contributed by atoms with E-state index in [1.807, 2.05) is 6.92 Å². The van der Waals surface area contributed by atoms with Crippen molar-refractivity contribution >= 4 is 5.82 Å². The van der Waals surface area contributed by atoms with E-state index in [-0.39, 0.29) is 5.82 Å². The van der Waals surface area contributed by atoms with Crippen LogP contribution in [0.2, 0.25) is 0 Å². The lowest BCUT2D eigenvalue weighted by Gasteiger charge is -2.33. The molecule has 6 heteroatoms. The quantitative estimate of drug-likeness (QED) is 0.841. The molecule has 0 amide bonds. The summed E-state index contributed by atoms with van der Waals surface area (Å²) in [6, 6.07) is 0.345. The molecule has 0 spiro atoms. The highest BCUT2D eigenvalue weighted by Gasteiger charge is 2.30. The molecule has 5 nitrogen and oxygen atoms in total. The van der Waals surface area contributed by atoms with Crippen molar-refractivity contribution < 1.29 is 9.13 Å². The summed E-state index contributed by atoms with van der Waals surface area (Å²) in [6.45, 7) is 7.31. The van der Waals surface area contributed by atoms with Crippen LogP contribution >= 0.6 is 0 Å². The average Bonchev–Trinajstić information content (AvgIpc) is 2.96. The van der Waals surface area contributed by atoms with Crippen LogP contribution in [-0.2, 0) is 11.2 Å². The standard InChI is InChI=1S/C15H23FN4O/c1-2-13-14(16)15(18-11-17-13)20-5-3-4-12(20)10-19-6-8-21-9-7-19/h11-12H,2-10H2,1H3/t12-/m1/s1. The van der Waals surface area contributed by atoms with Gasteiger partial charge in [0.15, 0.2) is 11.6 Å². The van der Waals surface area contributed by atoms with Crippen molar-refractivity contribution in [3.05, 3.63) is 17.8 Å². The molecule has 0 saturated carbocycles. The van der Waals surface area contributed by atoms with Crippen molar-refractivity contribution in [3.63, 3.8) is 0 Å². The highest BCUT2D eigenvalue weighted by molar-refractivity contribution is 5.43. The molecule has 2 saturated heterocycles. The van der Waals surface area contributed by atoms with E-state index < -0.39 is 0 Å². The topological polar surface area (TPSA) is 41.5 Å². The van der Waals surface area contributed by atoms with E-state index in [9.17, 15) is 4.39 Å². The van der Waals surface area contributed by atoms with Gasteiger partial charge in [-0.1, -0.05) is 6.92 Å². The van der Waals surface area contributed by atoms with E-state index in [1.165, 1.54) is 6.33 Å². The maximum absolute atomic E-state index is 14.5. The first kappa shape index (κ1) is 14.7. The maximum atomic E-state index is 14.5. The van der Waals surface area contributed by atoms with Gasteiger partial charge in [0.05, 0.1) is 18.9 Å². The first-order valence-corrected chi connectivity index (χ1v) is 7.85. The summed E-state index contributed by atoms with van der Waals surface area (Å²) < 4.78 is 19.9. The molecular formula is C15H23FN4O. The molecule has 21 heavy (non-hydrogen) atoms. The number of rotatable bonds is 4. The van der Waals surface area contributed by atoms with Gasteiger partial charge in [0.1, 0.15) is 6.33 Å². The van der Waals surface area contributed by atoms with Gasteiger partial charge in [-0.25, -0.2) is 14.4 Å². The Morgan fingerprint density at radius 3 is 2.86 bits per heavy atom. The maximum Gasteiger partial charge on any atom is 0.187 e. The lowest BCUT2D eigenvalue weighted by molar-refractivity contribution is 0.0354. The van der Waals surface area contributed by atoms with Crippen LogP contribution in [0.3, 0.4) is 0 Å². The normalized spacial score (nSPS) is 23.7. The molecule has 2 aliphatic rings. The van der Waals surface area contributed by atoms with Crippen molar-refractivity contribution in [2.45, 2.75) is 32.2 Å². The number of hydrogen-bond donors (Lipinski definition) is 0. The third kappa shape index (κ3) is 3.16. The predicted octanol–water partition coefficient (Wildman–Crippen LogP) is 1.48. The number of aromatic nitrogens is 2. The number of nitrogens with zero attached hydrogens (tertiary/aromatic N) is 4. The summed E-state index contributed by atoms with van der Waals surface area (Å²) in [5, 5.41) is 0. The molecular weight excluding hydrogens is 271 g/mol. The Bertz CT molecular complexity index is 479. The van der Waals surface area contributed by atoms with Crippen LogP contribution in [0.25, 0.3) is 0 Å². The average molecular weight is 294 g/mol. The van der Waals surface area contributed by atoms with Crippen LogP contribution in [0.5, 0.6) is 0 Å². The number of anilines is 1. The Labute approximate surface area is 125 Å². The second kappa shape index (κ2) is 6.66. The van der Waals surface area contributed by atoms with Crippen LogP contribution in [0.4, 0.5) is 10.2 Å². The van der Waals surface area contributed by atoms with E-state index >= 15 is 0 Å². The minimum Gasteiger partial charge on any atom is -0.379 e. The molecule has 2 fully saturated rings. The molecule has 0 radical (unpaired) electrons. The van der Waals surface area contributed by atoms with E-state index in [0.717, 1.165) is 52.2 Å². The van der Waals surface area contributed by atoms with E-state index in [4.69, 9.17) is 4.74 Å². The van der Waals surface area contributed by atoms with Gasteiger partial charge >= 0.3 is 0 Å². The van der Waals surface area contributed by atoms with Crippen molar-refractivity contribution in [1.82, 2.24) is 14.9 Å². The Morgan fingerprint density at radius 2 is 2.10 bits per heavy atom. The van der Waals surface area contributed by atoms with Crippen LogP contribution in [0.1, 0.15) is 25.5 Å². The van der Waals surface area contributed by atoms with Crippen molar-refractivity contribution in [3.8, 4) is 0 Å². The lowest BCUT2D eigenvalue weighted by Crippen LogP contribution is -2.45. The second-order valence-corrected chi connectivity index (χ2v) is 5.71. The van der Waals surface area contributed by atoms with Gasteiger partial charge in [-0.3, -0.25) is 4.90 Å². The predicted molar refractivity (Wildman–Crippen MR) is 79.0 cm³/mol. The Kier molecular flexibility index (Phi) is 4.65. The monoisotopic (exact) mass is 294 g/mol. The van der Waals surface area contributed by atoms with Crippen LogP contribution in [0, 0.1) is 5.82 Å². The zero-order valence-corrected chi connectivity index (χ0v) is 12.6. The van der Waals surface area contributed by atoms with Crippen molar-refractivity contribution in [2.75, 3.05) is 44.3 Å². The van der Waals surface area contributed by atoms with E-state index in [1.54, 1.807) is 0 Å². The third-order valence-electron chi connectivity index (χ3n) is 4.40. The number of hydrogen-bond acceptors (Lipinski definition) is 5. The lowest BCUT2D eigenvalue weighted by atomic mass is 10.2. The fourth-order valence-corrected chi connectivity index (χ4v) is 3.23. The minimum absolute atomic E-state index is 0.242. The summed E-state index contributed by atoms with van der Waals surface area (Å²) in [7, 11) is 0.